The predicted octanol–water partition coefficient (Wildman–Crippen LogP) is 1.53. The maximum Gasteiger partial charge on any atom is 0.182 e. The fraction of sp³-hybridized carbons (Fsp3) is 0.583. The van der Waals surface area contributed by atoms with Gasteiger partial charge in [-0.1, -0.05) is 13.8 Å². The second kappa shape index (κ2) is 4.79. The number of fused-ring (bicyclic) bond motifs is 1. The van der Waals surface area contributed by atoms with Gasteiger partial charge in [0.1, 0.15) is 5.82 Å². The van der Waals surface area contributed by atoms with Crippen molar-refractivity contribution in [2.75, 3.05) is 6.54 Å². The van der Waals surface area contributed by atoms with Gasteiger partial charge in [-0.15, -0.1) is 10.2 Å². The van der Waals surface area contributed by atoms with Gasteiger partial charge in [-0.2, -0.15) is 0 Å². The molecule has 2 atom stereocenters. The Morgan fingerprint density at radius 2 is 2.12 bits per heavy atom. The molecule has 5 nitrogen and oxygen atoms in total. The maximum absolute atomic E-state index is 4.46. The molecule has 0 aromatic carbocycles. The highest BCUT2D eigenvalue weighted by molar-refractivity contribution is 5.45. The van der Waals surface area contributed by atoms with Crippen LogP contribution >= 0.6 is 0 Å². The molecule has 0 bridgehead atoms. The van der Waals surface area contributed by atoms with E-state index in [9.17, 15) is 0 Å². The Morgan fingerprint density at radius 1 is 1.35 bits per heavy atom. The average Bonchev–Trinajstić information content (AvgIpc) is 2.71. The van der Waals surface area contributed by atoms with Crippen LogP contribution in [-0.4, -0.2) is 32.2 Å². The van der Waals surface area contributed by atoms with E-state index in [0.29, 0.717) is 12.0 Å². The molecule has 0 radical (unpaired) electrons. The van der Waals surface area contributed by atoms with E-state index in [-0.39, 0.29) is 0 Å². The van der Waals surface area contributed by atoms with Crippen LogP contribution in [0.2, 0.25) is 0 Å². The third kappa shape index (κ3) is 2.15. The Balaban J connectivity index is 2.41. The molecule has 0 aliphatic heterocycles. The SMILES string of the molecule is CCNC(C)C(C)c1nccn2c(C)nnc12. The van der Waals surface area contributed by atoms with Crippen LogP contribution in [-0.2, 0) is 0 Å². The van der Waals surface area contributed by atoms with Gasteiger partial charge in [0, 0.05) is 24.4 Å². The monoisotopic (exact) mass is 233 g/mol. The van der Waals surface area contributed by atoms with E-state index < -0.39 is 0 Å². The molecule has 0 amide bonds. The van der Waals surface area contributed by atoms with Crippen molar-refractivity contribution >= 4 is 5.65 Å². The van der Waals surface area contributed by atoms with Crippen molar-refractivity contribution in [3.8, 4) is 0 Å². The molecule has 5 heteroatoms. The van der Waals surface area contributed by atoms with Crippen LogP contribution in [0, 0.1) is 6.92 Å². The second-order valence-corrected chi connectivity index (χ2v) is 4.39. The Hall–Kier alpha value is -1.49. The van der Waals surface area contributed by atoms with Crippen LogP contribution in [0.1, 0.15) is 38.2 Å². The fourth-order valence-corrected chi connectivity index (χ4v) is 2.02. The normalized spacial score (nSPS) is 15.1. The molecule has 0 aliphatic carbocycles. The minimum Gasteiger partial charge on any atom is -0.314 e. The van der Waals surface area contributed by atoms with Crippen molar-refractivity contribution in [2.45, 2.75) is 39.7 Å². The summed E-state index contributed by atoms with van der Waals surface area (Å²) in [4.78, 5) is 4.46. The van der Waals surface area contributed by atoms with Crippen LogP contribution in [0.4, 0.5) is 0 Å². The summed E-state index contributed by atoms with van der Waals surface area (Å²) in [5.41, 5.74) is 1.86. The molecule has 2 heterocycles. The van der Waals surface area contributed by atoms with E-state index in [1.165, 1.54) is 0 Å². The summed E-state index contributed by atoms with van der Waals surface area (Å²) in [5.74, 6) is 1.20. The fourth-order valence-electron chi connectivity index (χ4n) is 2.02. The third-order valence-corrected chi connectivity index (χ3v) is 3.23. The van der Waals surface area contributed by atoms with Crippen molar-refractivity contribution in [2.24, 2.45) is 0 Å². The van der Waals surface area contributed by atoms with Crippen LogP contribution in [0.25, 0.3) is 5.65 Å². The van der Waals surface area contributed by atoms with E-state index in [0.717, 1.165) is 23.7 Å². The standard InChI is InChI=1S/C12H19N5/c1-5-13-9(3)8(2)11-12-16-15-10(4)17(12)7-6-14-11/h6-9,13H,5H2,1-4H3. The maximum atomic E-state index is 4.46. The molecule has 2 unspecified atom stereocenters. The lowest BCUT2D eigenvalue weighted by atomic mass is 9.99. The smallest absolute Gasteiger partial charge is 0.182 e. The Morgan fingerprint density at radius 3 is 2.82 bits per heavy atom. The van der Waals surface area contributed by atoms with Crippen molar-refractivity contribution in [3.05, 3.63) is 23.9 Å². The van der Waals surface area contributed by atoms with Gasteiger partial charge in [-0.05, 0) is 20.4 Å². The largest absolute Gasteiger partial charge is 0.314 e. The topological polar surface area (TPSA) is 55.1 Å². The first-order valence-corrected chi connectivity index (χ1v) is 6.04. The number of aryl methyl sites for hydroxylation is 1. The van der Waals surface area contributed by atoms with Crippen LogP contribution in [0.3, 0.4) is 0 Å². The lowest BCUT2D eigenvalue weighted by molar-refractivity contribution is 0.488. The molecule has 0 spiro atoms. The number of hydrogen-bond acceptors (Lipinski definition) is 4. The predicted molar refractivity (Wildman–Crippen MR) is 67.1 cm³/mol. The van der Waals surface area contributed by atoms with Gasteiger partial charge in [0.2, 0.25) is 0 Å². The van der Waals surface area contributed by atoms with Crippen molar-refractivity contribution in [1.82, 2.24) is 24.9 Å². The first-order chi connectivity index (χ1) is 8.15. The Labute approximate surface area is 101 Å². The summed E-state index contributed by atoms with van der Waals surface area (Å²) in [6.45, 7) is 9.35. The zero-order valence-electron chi connectivity index (χ0n) is 10.8. The molecule has 92 valence electrons. The lowest BCUT2D eigenvalue weighted by Crippen LogP contribution is -2.31. The summed E-state index contributed by atoms with van der Waals surface area (Å²) in [5, 5.41) is 11.7. The number of nitrogens with one attached hydrogen (secondary N) is 1. The molecule has 0 aliphatic rings. The van der Waals surface area contributed by atoms with E-state index >= 15 is 0 Å². The van der Waals surface area contributed by atoms with Crippen LogP contribution < -0.4 is 5.32 Å². The summed E-state index contributed by atoms with van der Waals surface area (Å²) < 4.78 is 1.98. The van der Waals surface area contributed by atoms with Gasteiger partial charge in [0.15, 0.2) is 5.65 Å². The molecule has 17 heavy (non-hydrogen) atoms. The van der Waals surface area contributed by atoms with Crippen molar-refractivity contribution < 1.29 is 0 Å². The van der Waals surface area contributed by atoms with Gasteiger partial charge in [-0.25, -0.2) is 0 Å². The number of aromatic nitrogens is 4. The van der Waals surface area contributed by atoms with Gasteiger partial charge in [-0.3, -0.25) is 9.38 Å². The van der Waals surface area contributed by atoms with Gasteiger partial charge in [0.05, 0.1) is 5.69 Å². The number of rotatable bonds is 4. The zero-order valence-corrected chi connectivity index (χ0v) is 10.8. The van der Waals surface area contributed by atoms with Crippen LogP contribution in [0.15, 0.2) is 12.4 Å². The molecule has 0 saturated carbocycles. The summed E-state index contributed by atoms with van der Waals surface area (Å²) in [6, 6.07) is 0.371. The number of hydrogen-bond donors (Lipinski definition) is 1. The average molecular weight is 233 g/mol. The molecule has 2 aromatic heterocycles. The third-order valence-electron chi connectivity index (χ3n) is 3.23. The van der Waals surface area contributed by atoms with E-state index in [1.807, 2.05) is 23.7 Å². The highest BCUT2D eigenvalue weighted by Gasteiger charge is 2.19. The van der Waals surface area contributed by atoms with Crippen molar-refractivity contribution in [1.29, 1.82) is 0 Å². The van der Waals surface area contributed by atoms with E-state index in [2.05, 4.69) is 41.3 Å². The zero-order chi connectivity index (χ0) is 12.4. The number of likely N-dealkylation sites (N-methyl/N-ethyl adjacent to an activating group) is 1. The molecule has 0 saturated heterocycles. The Kier molecular flexibility index (Phi) is 3.38. The first-order valence-electron chi connectivity index (χ1n) is 6.04. The van der Waals surface area contributed by atoms with Gasteiger partial charge >= 0.3 is 0 Å². The second-order valence-electron chi connectivity index (χ2n) is 4.39. The summed E-state index contributed by atoms with van der Waals surface area (Å²) >= 11 is 0. The summed E-state index contributed by atoms with van der Waals surface area (Å²) in [6.07, 6.45) is 3.71. The van der Waals surface area contributed by atoms with E-state index in [1.54, 1.807) is 0 Å². The highest BCUT2D eigenvalue weighted by Crippen LogP contribution is 2.20. The molecule has 0 fully saturated rings. The van der Waals surface area contributed by atoms with E-state index in [4.69, 9.17) is 0 Å². The molecular weight excluding hydrogens is 214 g/mol. The van der Waals surface area contributed by atoms with Gasteiger partial charge in [0.25, 0.3) is 0 Å². The summed E-state index contributed by atoms with van der Waals surface area (Å²) in [7, 11) is 0. The minimum atomic E-state index is 0.308. The Bertz CT molecular complexity index is 505. The number of nitrogens with zero attached hydrogens (tertiary/aromatic N) is 4. The molecule has 2 rings (SSSR count). The van der Waals surface area contributed by atoms with Crippen molar-refractivity contribution in [3.63, 3.8) is 0 Å². The first kappa shape index (κ1) is 12.0. The minimum absolute atomic E-state index is 0.308. The van der Waals surface area contributed by atoms with Gasteiger partial charge < -0.3 is 5.32 Å². The molecule has 2 aromatic rings. The quantitative estimate of drug-likeness (QED) is 0.870. The molecule has 1 N–H and O–H groups in total. The van der Waals surface area contributed by atoms with Crippen LogP contribution in [0.5, 0.6) is 0 Å². The molecular formula is C12H19N5. The highest BCUT2D eigenvalue weighted by atomic mass is 15.2. The lowest BCUT2D eigenvalue weighted by Gasteiger charge is -2.20.